The van der Waals surface area contributed by atoms with Crippen molar-refractivity contribution in [2.45, 2.75) is 13.0 Å². The normalized spacial score (nSPS) is 17.0. The van der Waals surface area contributed by atoms with Crippen LogP contribution >= 0.6 is 11.3 Å². The summed E-state index contributed by atoms with van der Waals surface area (Å²) in [5.74, 6) is -3.02. The number of halogens is 1. The fourth-order valence-electron chi connectivity index (χ4n) is 2.95. The molecular formula is C18H12FN3O4S. The number of aromatic nitrogens is 2. The lowest BCUT2D eigenvalue weighted by molar-refractivity contribution is -0.117. The molecule has 1 N–H and O–H groups in total. The smallest absolute Gasteiger partial charge is 0.296 e. The van der Waals surface area contributed by atoms with Crippen LogP contribution in [0, 0.1) is 12.7 Å². The van der Waals surface area contributed by atoms with Crippen LogP contribution in [0.25, 0.3) is 0 Å². The lowest BCUT2D eigenvalue weighted by Crippen LogP contribution is -2.31. The van der Waals surface area contributed by atoms with Crippen molar-refractivity contribution < 1.29 is 23.5 Å². The number of ketones is 1. The molecule has 1 atom stereocenters. The van der Waals surface area contributed by atoms with Crippen molar-refractivity contribution in [2.24, 2.45) is 0 Å². The lowest BCUT2D eigenvalue weighted by atomic mass is 9.95. The van der Waals surface area contributed by atoms with Gasteiger partial charge in [-0.1, -0.05) is 29.5 Å². The molecule has 136 valence electrons. The van der Waals surface area contributed by atoms with E-state index in [0.29, 0.717) is 5.01 Å². The second kappa shape index (κ2) is 6.44. The van der Waals surface area contributed by atoms with Crippen molar-refractivity contribution in [2.75, 3.05) is 4.90 Å². The number of hydrogen-bond donors (Lipinski definition) is 1. The summed E-state index contributed by atoms with van der Waals surface area (Å²) in [4.78, 5) is 26.7. The zero-order chi connectivity index (χ0) is 19.1. The fraction of sp³-hybridized carbons (Fsp3) is 0.111. The highest BCUT2D eigenvalue weighted by molar-refractivity contribution is 7.15. The largest absolute Gasteiger partial charge is 0.503 e. The number of carbonyl (C=O) groups excluding carboxylic acids is 2. The topological polar surface area (TPSA) is 96.5 Å². The van der Waals surface area contributed by atoms with Gasteiger partial charge in [-0.25, -0.2) is 4.39 Å². The predicted molar refractivity (Wildman–Crippen MR) is 94.0 cm³/mol. The molecule has 1 amide bonds. The van der Waals surface area contributed by atoms with Gasteiger partial charge in [0, 0.05) is 5.56 Å². The number of rotatable bonds is 4. The summed E-state index contributed by atoms with van der Waals surface area (Å²) < 4.78 is 19.7. The Hall–Kier alpha value is -3.33. The van der Waals surface area contributed by atoms with E-state index < -0.39 is 29.3 Å². The highest BCUT2D eigenvalue weighted by Gasteiger charge is 2.47. The molecule has 9 heteroatoms. The zero-order valence-corrected chi connectivity index (χ0v) is 14.7. The first kappa shape index (κ1) is 17.1. The van der Waals surface area contributed by atoms with Crippen molar-refractivity contribution in [1.29, 1.82) is 0 Å². The molecule has 1 aliphatic heterocycles. The summed E-state index contributed by atoms with van der Waals surface area (Å²) >= 11 is 1.09. The van der Waals surface area contributed by atoms with E-state index >= 15 is 0 Å². The standard InChI is InChI=1S/C18H12FN3O4S/c1-9-20-21-18(27-9)22-14(10-5-2-3-6-11(10)19)13(16(24)17(22)25)15(23)12-7-4-8-26-12/h2-8,14,24H,1H3/t14-/m1/s1. The maximum Gasteiger partial charge on any atom is 0.296 e. The van der Waals surface area contributed by atoms with E-state index in [0.717, 1.165) is 16.2 Å². The summed E-state index contributed by atoms with van der Waals surface area (Å²) in [6.07, 6.45) is 1.30. The molecule has 3 aromatic rings. The number of hydrogen-bond acceptors (Lipinski definition) is 7. The van der Waals surface area contributed by atoms with Gasteiger partial charge in [0.1, 0.15) is 16.9 Å². The van der Waals surface area contributed by atoms with E-state index in [-0.39, 0.29) is 22.0 Å². The average molecular weight is 385 g/mol. The molecule has 0 fully saturated rings. The van der Waals surface area contributed by atoms with Gasteiger partial charge >= 0.3 is 0 Å². The number of Topliss-reactive ketones (excluding diaryl/α,β-unsaturated/α-hetero) is 1. The van der Waals surface area contributed by atoms with Crippen molar-refractivity contribution in [1.82, 2.24) is 10.2 Å². The number of anilines is 1. The van der Waals surface area contributed by atoms with Crippen LogP contribution in [0.5, 0.6) is 0 Å². The third-order valence-corrected chi connectivity index (χ3v) is 4.96. The summed E-state index contributed by atoms with van der Waals surface area (Å²) in [5.41, 5.74) is -0.217. The monoisotopic (exact) mass is 385 g/mol. The molecule has 0 saturated carbocycles. The fourth-order valence-corrected chi connectivity index (χ4v) is 3.66. The first-order valence-electron chi connectivity index (χ1n) is 7.88. The Morgan fingerprint density at radius 3 is 2.67 bits per heavy atom. The van der Waals surface area contributed by atoms with Gasteiger partial charge in [-0.2, -0.15) is 0 Å². The molecule has 0 saturated heterocycles. The molecule has 0 bridgehead atoms. The Balaban J connectivity index is 1.91. The maximum absolute atomic E-state index is 14.6. The highest BCUT2D eigenvalue weighted by atomic mass is 32.1. The molecule has 0 unspecified atom stereocenters. The third kappa shape index (κ3) is 2.72. The molecule has 0 spiro atoms. The first-order chi connectivity index (χ1) is 13.0. The molecule has 3 heterocycles. The number of benzene rings is 1. The SMILES string of the molecule is Cc1nnc(N2C(=O)C(O)=C(C(=O)c3ccco3)[C@H]2c2ccccc2F)s1. The third-order valence-electron chi connectivity index (χ3n) is 4.12. The van der Waals surface area contributed by atoms with E-state index in [4.69, 9.17) is 4.42 Å². The average Bonchev–Trinajstić information content (AvgIpc) is 3.37. The molecule has 4 rings (SSSR count). The quantitative estimate of drug-likeness (QED) is 0.692. The van der Waals surface area contributed by atoms with Gasteiger partial charge in [-0.15, -0.1) is 10.2 Å². The number of aliphatic hydroxyl groups is 1. The predicted octanol–water partition coefficient (Wildman–Crippen LogP) is 3.36. The molecule has 7 nitrogen and oxygen atoms in total. The Morgan fingerprint density at radius 1 is 1.26 bits per heavy atom. The van der Waals surface area contributed by atoms with Crippen LogP contribution in [0.15, 0.2) is 58.4 Å². The zero-order valence-electron chi connectivity index (χ0n) is 13.9. The number of aliphatic hydroxyl groups excluding tert-OH is 1. The molecule has 0 aliphatic carbocycles. The van der Waals surface area contributed by atoms with Crippen molar-refractivity contribution in [3.8, 4) is 0 Å². The van der Waals surface area contributed by atoms with Crippen LogP contribution in [0.4, 0.5) is 9.52 Å². The minimum absolute atomic E-state index is 0.0534. The minimum atomic E-state index is -1.19. The first-order valence-corrected chi connectivity index (χ1v) is 8.70. The summed E-state index contributed by atoms with van der Waals surface area (Å²) in [6, 6.07) is 7.46. The van der Waals surface area contributed by atoms with Crippen LogP contribution in [-0.2, 0) is 4.79 Å². The van der Waals surface area contributed by atoms with E-state index in [9.17, 15) is 19.1 Å². The van der Waals surface area contributed by atoms with Gasteiger partial charge in [0.15, 0.2) is 11.5 Å². The lowest BCUT2D eigenvalue weighted by Gasteiger charge is -2.24. The van der Waals surface area contributed by atoms with Gasteiger partial charge in [0.05, 0.1) is 11.8 Å². The van der Waals surface area contributed by atoms with Gasteiger partial charge in [-0.05, 0) is 25.1 Å². The van der Waals surface area contributed by atoms with Crippen molar-refractivity contribution in [3.05, 3.63) is 76.1 Å². The van der Waals surface area contributed by atoms with Crippen LogP contribution < -0.4 is 4.90 Å². The molecule has 27 heavy (non-hydrogen) atoms. The Kier molecular flexibility index (Phi) is 4.08. The Labute approximate surface area is 156 Å². The van der Waals surface area contributed by atoms with E-state index in [1.165, 1.54) is 36.6 Å². The van der Waals surface area contributed by atoms with Gasteiger partial charge in [0.25, 0.3) is 5.91 Å². The number of aryl methyl sites for hydroxylation is 1. The minimum Gasteiger partial charge on any atom is -0.503 e. The van der Waals surface area contributed by atoms with Crippen LogP contribution in [0.3, 0.4) is 0 Å². The molecule has 1 aliphatic rings. The van der Waals surface area contributed by atoms with Crippen LogP contribution in [-0.4, -0.2) is 27.0 Å². The summed E-state index contributed by atoms with van der Waals surface area (Å²) in [6.45, 7) is 1.70. The molecule has 1 aromatic carbocycles. The Morgan fingerprint density at radius 2 is 2.04 bits per heavy atom. The van der Waals surface area contributed by atoms with Gasteiger partial charge in [-0.3, -0.25) is 14.5 Å². The summed E-state index contributed by atoms with van der Waals surface area (Å²) in [5, 5.41) is 19.0. The Bertz CT molecular complexity index is 1070. The number of furan rings is 1. The van der Waals surface area contributed by atoms with Crippen molar-refractivity contribution in [3.63, 3.8) is 0 Å². The molecular weight excluding hydrogens is 373 g/mol. The number of carbonyl (C=O) groups is 2. The van der Waals surface area contributed by atoms with Gasteiger partial charge in [0.2, 0.25) is 10.9 Å². The second-order valence-corrected chi connectivity index (χ2v) is 6.93. The molecule has 2 aromatic heterocycles. The van der Waals surface area contributed by atoms with E-state index in [1.54, 1.807) is 13.0 Å². The maximum atomic E-state index is 14.6. The number of amides is 1. The molecule has 0 radical (unpaired) electrons. The van der Waals surface area contributed by atoms with Crippen LogP contribution in [0.1, 0.15) is 27.2 Å². The van der Waals surface area contributed by atoms with Crippen molar-refractivity contribution >= 4 is 28.2 Å². The van der Waals surface area contributed by atoms with Crippen LogP contribution in [0.2, 0.25) is 0 Å². The second-order valence-electron chi connectivity index (χ2n) is 5.77. The van der Waals surface area contributed by atoms with E-state index in [1.807, 2.05) is 0 Å². The summed E-state index contributed by atoms with van der Waals surface area (Å²) in [7, 11) is 0. The number of nitrogens with zero attached hydrogens (tertiary/aromatic N) is 3. The van der Waals surface area contributed by atoms with Gasteiger partial charge < -0.3 is 9.52 Å². The highest BCUT2D eigenvalue weighted by Crippen LogP contribution is 2.43. The van der Waals surface area contributed by atoms with E-state index in [2.05, 4.69) is 10.2 Å².